The number of carbonyl (C=O) groups is 2. The van der Waals surface area contributed by atoms with Gasteiger partial charge in [0.15, 0.2) is 5.76 Å². The minimum absolute atomic E-state index is 0.128. The Labute approximate surface area is 215 Å². The van der Waals surface area contributed by atoms with Crippen molar-refractivity contribution in [2.75, 3.05) is 18.4 Å². The van der Waals surface area contributed by atoms with Gasteiger partial charge < -0.3 is 19.8 Å². The molecule has 2 amide bonds. The van der Waals surface area contributed by atoms with E-state index in [1.54, 1.807) is 24.3 Å². The maximum atomic E-state index is 13.3. The highest BCUT2D eigenvalue weighted by Crippen LogP contribution is 2.34. The normalized spacial score (nSPS) is 21.7. The Kier molecular flexibility index (Phi) is 6.96. The van der Waals surface area contributed by atoms with Crippen LogP contribution in [0.15, 0.2) is 88.7 Å². The summed E-state index contributed by atoms with van der Waals surface area (Å²) in [5.41, 5.74) is 1.31. The van der Waals surface area contributed by atoms with Crippen molar-refractivity contribution >= 4 is 27.5 Å². The van der Waals surface area contributed by atoms with Crippen LogP contribution in [0.3, 0.4) is 0 Å². The smallest absolute Gasteiger partial charge is 0.291 e. The van der Waals surface area contributed by atoms with Gasteiger partial charge in [0.25, 0.3) is 5.91 Å². The number of ether oxygens (including phenoxy) is 1. The zero-order chi connectivity index (χ0) is 26.0. The highest BCUT2D eigenvalue weighted by Gasteiger charge is 2.42. The maximum absolute atomic E-state index is 13.3. The van der Waals surface area contributed by atoms with Crippen LogP contribution in [0.25, 0.3) is 11.3 Å². The Bertz CT molecular complexity index is 1400. The summed E-state index contributed by atoms with van der Waals surface area (Å²) in [5, 5.41) is 5.46. The van der Waals surface area contributed by atoms with Gasteiger partial charge in [-0.3, -0.25) is 9.59 Å². The third-order valence-electron chi connectivity index (χ3n) is 6.64. The summed E-state index contributed by atoms with van der Waals surface area (Å²) in [6.07, 6.45) is 1.75. The molecule has 0 spiro atoms. The first-order chi connectivity index (χ1) is 17.8. The average Bonchev–Trinajstić information content (AvgIpc) is 3.56. The molecule has 0 saturated carbocycles. The average molecular weight is 522 g/mol. The molecular formula is C27H27N3O6S. The summed E-state index contributed by atoms with van der Waals surface area (Å²) >= 11 is 0. The van der Waals surface area contributed by atoms with Gasteiger partial charge in [0.1, 0.15) is 12.0 Å². The number of carbonyl (C=O) groups excluding carboxylic acids is 2. The number of nitrogens with one attached hydrogen (secondary N) is 2. The van der Waals surface area contributed by atoms with Gasteiger partial charge >= 0.3 is 0 Å². The predicted molar refractivity (Wildman–Crippen MR) is 137 cm³/mol. The van der Waals surface area contributed by atoms with Gasteiger partial charge in [0, 0.05) is 24.3 Å². The molecule has 2 N–H and O–H groups in total. The maximum Gasteiger partial charge on any atom is 0.291 e. The molecule has 192 valence electrons. The van der Waals surface area contributed by atoms with E-state index in [-0.39, 0.29) is 35.1 Å². The van der Waals surface area contributed by atoms with Crippen LogP contribution in [0.1, 0.15) is 23.4 Å². The van der Waals surface area contributed by atoms with Crippen LogP contribution in [0.4, 0.5) is 5.69 Å². The number of nitrogens with zero attached hydrogens (tertiary/aromatic N) is 1. The molecule has 0 radical (unpaired) electrons. The topological polar surface area (TPSA) is 118 Å². The van der Waals surface area contributed by atoms with Crippen LogP contribution in [-0.2, 0) is 19.6 Å². The number of rotatable bonds is 7. The molecule has 2 aliphatic rings. The van der Waals surface area contributed by atoms with Crippen molar-refractivity contribution in [1.82, 2.24) is 9.62 Å². The molecule has 10 heteroatoms. The summed E-state index contributed by atoms with van der Waals surface area (Å²) < 4.78 is 39.5. The Morgan fingerprint density at radius 2 is 1.78 bits per heavy atom. The van der Waals surface area contributed by atoms with Crippen molar-refractivity contribution in [3.05, 3.63) is 85.1 Å². The van der Waals surface area contributed by atoms with E-state index in [9.17, 15) is 18.0 Å². The molecule has 9 nitrogen and oxygen atoms in total. The molecule has 0 aliphatic carbocycles. The van der Waals surface area contributed by atoms with Crippen molar-refractivity contribution < 1.29 is 27.2 Å². The lowest BCUT2D eigenvalue weighted by Gasteiger charge is -2.33. The molecule has 1 aromatic heterocycles. The number of hydrogen-bond acceptors (Lipinski definition) is 6. The van der Waals surface area contributed by atoms with Gasteiger partial charge in [-0.05, 0) is 61.2 Å². The predicted octanol–water partition coefficient (Wildman–Crippen LogP) is 3.63. The molecule has 2 aliphatic heterocycles. The molecule has 2 aromatic carbocycles. The van der Waals surface area contributed by atoms with E-state index in [0.717, 1.165) is 5.56 Å². The zero-order valence-electron chi connectivity index (χ0n) is 20.0. The number of hydrogen-bond donors (Lipinski definition) is 2. The molecule has 5 rings (SSSR count). The zero-order valence-corrected chi connectivity index (χ0v) is 20.8. The van der Waals surface area contributed by atoms with Crippen molar-refractivity contribution in [2.45, 2.75) is 30.1 Å². The molecule has 3 unspecified atom stereocenters. The first-order valence-corrected chi connectivity index (χ1v) is 13.4. The van der Waals surface area contributed by atoms with Crippen molar-refractivity contribution in [3.63, 3.8) is 0 Å². The van der Waals surface area contributed by atoms with Gasteiger partial charge in [-0.15, -0.1) is 0 Å². The number of sulfonamides is 1. The van der Waals surface area contributed by atoms with Crippen molar-refractivity contribution in [1.29, 1.82) is 0 Å². The summed E-state index contributed by atoms with van der Waals surface area (Å²) in [7, 11) is -3.75. The highest BCUT2D eigenvalue weighted by molar-refractivity contribution is 7.89. The lowest BCUT2D eigenvalue weighted by atomic mass is 9.94. The van der Waals surface area contributed by atoms with Gasteiger partial charge in [-0.1, -0.05) is 36.9 Å². The van der Waals surface area contributed by atoms with Gasteiger partial charge in [0.05, 0.1) is 11.0 Å². The van der Waals surface area contributed by atoms with Crippen LogP contribution in [-0.4, -0.2) is 50.0 Å². The molecule has 3 aromatic rings. The Morgan fingerprint density at radius 3 is 2.51 bits per heavy atom. The number of furan rings is 1. The molecule has 37 heavy (non-hydrogen) atoms. The third kappa shape index (κ3) is 5.36. The van der Waals surface area contributed by atoms with Crippen LogP contribution in [0.2, 0.25) is 0 Å². The van der Waals surface area contributed by atoms with E-state index in [1.807, 2.05) is 30.3 Å². The van der Waals surface area contributed by atoms with E-state index in [2.05, 4.69) is 17.2 Å². The summed E-state index contributed by atoms with van der Waals surface area (Å²) in [4.78, 5) is 24.3. The van der Waals surface area contributed by atoms with Gasteiger partial charge in [0.2, 0.25) is 15.9 Å². The second-order valence-corrected chi connectivity index (χ2v) is 11.0. The van der Waals surface area contributed by atoms with Crippen LogP contribution < -0.4 is 10.6 Å². The second kappa shape index (κ2) is 10.3. The lowest BCUT2D eigenvalue weighted by Crippen LogP contribution is -2.45. The van der Waals surface area contributed by atoms with E-state index >= 15 is 0 Å². The third-order valence-corrected chi connectivity index (χ3v) is 8.52. The van der Waals surface area contributed by atoms with Crippen molar-refractivity contribution in [3.8, 4) is 11.3 Å². The van der Waals surface area contributed by atoms with Crippen molar-refractivity contribution in [2.24, 2.45) is 5.92 Å². The molecule has 0 bridgehead atoms. The first kappa shape index (κ1) is 24.9. The quantitative estimate of drug-likeness (QED) is 0.459. The molecule has 3 atom stereocenters. The lowest BCUT2D eigenvalue weighted by molar-refractivity contribution is -0.120. The van der Waals surface area contributed by atoms with E-state index in [0.29, 0.717) is 30.8 Å². The number of amides is 2. The number of fused-ring (bicyclic) bond motifs is 1. The van der Waals surface area contributed by atoms with Crippen LogP contribution in [0, 0.1) is 5.92 Å². The summed E-state index contributed by atoms with van der Waals surface area (Å²) in [5.74, 6) is 0.165. The fraction of sp³-hybridized carbons (Fsp3) is 0.259. The Morgan fingerprint density at radius 1 is 1.03 bits per heavy atom. The molecule has 2 fully saturated rings. The Balaban J connectivity index is 1.21. The van der Waals surface area contributed by atoms with E-state index in [4.69, 9.17) is 9.15 Å². The van der Waals surface area contributed by atoms with E-state index < -0.39 is 22.2 Å². The SMILES string of the molecule is C=CC(=O)NC1CC2CCN(S(=O)(=O)c3ccc(NC(=O)c4ccc(-c5ccccc5)o4)cc3)CC2O1. The fourth-order valence-electron chi connectivity index (χ4n) is 4.70. The summed E-state index contributed by atoms with van der Waals surface area (Å²) in [6.45, 7) is 4.03. The molecular weight excluding hydrogens is 494 g/mol. The second-order valence-electron chi connectivity index (χ2n) is 9.03. The van der Waals surface area contributed by atoms with Gasteiger partial charge in [-0.2, -0.15) is 4.31 Å². The first-order valence-electron chi connectivity index (χ1n) is 12.0. The van der Waals surface area contributed by atoms with E-state index in [1.165, 1.54) is 22.5 Å². The standard InChI is InChI=1S/C27H27N3O6S/c1-2-25(31)29-26-16-19-14-15-30(17-24(19)36-26)37(33,34)21-10-8-20(9-11-21)28-27(32)23-13-12-22(35-23)18-6-4-3-5-7-18/h2-13,19,24,26H,1,14-17H2,(H,28,32)(H,29,31). The molecule has 3 heterocycles. The highest BCUT2D eigenvalue weighted by atomic mass is 32.2. The number of piperidine rings is 1. The summed E-state index contributed by atoms with van der Waals surface area (Å²) in [6, 6.07) is 18.8. The minimum atomic E-state index is -3.75. The fourth-order valence-corrected chi connectivity index (χ4v) is 6.17. The Hall–Kier alpha value is -3.73. The van der Waals surface area contributed by atoms with Gasteiger partial charge in [-0.25, -0.2) is 8.42 Å². The molecule has 2 saturated heterocycles. The number of benzene rings is 2. The monoisotopic (exact) mass is 521 g/mol. The minimum Gasteiger partial charge on any atom is -0.451 e. The largest absolute Gasteiger partial charge is 0.451 e. The van der Waals surface area contributed by atoms with Crippen LogP contribution in [0.5, 0.6) is 0 Å². The van der Waals surface area contributed by atoms with Crippen LogP contribution >= 0.6 is 0 Å². The number of anilines is 1.